The average molecular weight is 1260 g/mol. The Morgan fingerprint density at radius 1 is 0.756 bits per heavy atom. The van der Waals surface area contributed by atoms with Crippen molar-refractivity contribution in [3.05, 3.63) is 131 Å². The summed E-state index contributed by atoms with van der Waals surface area (Å²) in [4.78, 5) is 118. The number of carbonyl (C=O) groups is 8. The normalized spacial score (nSPS) is 12.6. The van der Waals surface area contributed by atoms with E-state index >= 15 is 0 Å². The van der Waals surface area contributed by atoms with E-state index in [9.17, 15) is 43.5 Å². The SMILES string of the molecule is Cc1cccc(-c2nc(CNc3ccc(Cl)c(C(=O)O)c3)[nH]c2-c2ccc3ncc(OCCNC(=O)OCc4ccc(NC(=O)C(CCCNC(N)=O)NC(=O)C(NC(=O)CCOCCOCCOCCOCCN5C(=O)C=CC5=O)C(C)C)cc4)cc3c2)n1. The van der Waals surface area contributed by atoms with Crippen LogP contribution in [0.4, 0.5) is 21.0 Å². The van der Waals surface area contributed by atoms with Crippen molar-refractivity contribution in [3.8, 4) is 28.4 Å². The van der Waals surface area contributed by atoms with Crippen molar-refractivity contribution in [2.45, 2.75) is 65.3 Å². The minimum absolute atomic E-state index is 0.0249. The number of hydrogen-bond donors (Lipinski definition) is 9. The Hall–Kier alpha value is -9.54. The van der Waals surface area contributed by atoms with Gasteiger partial charge in [0.05, 0.1) is 106 Å². The fourth-order valence-corrected chi connectivity index (χ4v) is 9.10. The number of halogens is 1. The maximum atomic E-state index is 13.7. The lowest BCUT2D eigenvalue weighted by atomic mass is 10.0. The molecule has 0 aliphatic carbocycles. The van der Waals surface area contributed by atoms with E-state index < -0.39 is 47.9 Å². The van der Waals surface area contributed by atoms with Crippen molar-refractivity contribution in [2.75, 3.05) is 89.7 Å². The van der Waals surface area contributed by atoms with Crippen LogP contribution in [-0.4, -0.2) is 169 Å². The second-order valence-corrected chi connectivity index (χ2v) is 21.1. The summed E-state index contributed by atoms with van der Waals surface area (Å²) in [7, 11) is 0. The van der Waals surface area contributed by atoms with E-state index in [1.54, 1.807) is 50.4 Å². The first-order chi connectivity index (χ1) is 43.4. The van der Waals surface area contributed by atoms with E-state index in [-0.39, 0.29) is 120 Å². The number of benzene rings is 3. The quantitative estimate of drug-likeness (QED) is 0.0168. The predicted molar refractivity (Wildman–Crippen MR) is 331 cm³/mol. The standard InChI is InChI=1S/C62H73ClN12O15/c1-38(2)55(74-52(76)19-23-85-26-28-87-30-31-88-29-27-86-25-22-75-53(77)17-18-54(75)78)59(80)71-50(8-5-20-65-61(64)83)58(79)70-43-12-9-40(10-13-43)37-90-62(84)66-21-24-89-45-33-42-32-41(11-16-48(42)68-35-45)56-57(49-7-4-6-39(3)69-49)73-51(72-56)36-67-44-14-15-47(63)46(34-44)60(81)82/h4,6-7,9-18,32-35,38,50,55,67H,5,8,19-31,36-37H2,1-3H3,(H,66,84)(H,70,79)(H,71,80)(H,72,73)(H,74,76)(H,81,82)(H3,64,65,83). The molecule has 0 saturated carbocycles. The van der Waals surface area contributed by atoms with Gasteiger partial charge in [-0.2, -0.15) is 0 Å². The number of aromatic amines is 1. The van der Waals surface area contributed by atoms with Crippen LogP contribution >= 0.6 is 11.6 Å². The number of carboxylic acid groups (broad SMARTS) is 1. The molecule has 4 heterocycles. The Balaban J connectivity index is 0.814. The minimum atomic E-state index is -1.14. The molecule has 28 heteroatoms. The summed E-state index contributed by atoms with van der Waals surface area (Å²) in [5.74, 6) is -2.78. The molecular formula is C62H73ClN12O15. The van der Waals surface area contributed by atoms with E-state index in [1.165, 1.54) is 24.3 Å². The van der Waals surface area contributed by atoms with Gasteiger partial charge in [0.25, 0.3) is 11.8 Å². The van der Waals surface area contributed by atoms with Crippen LogP contribution in [-0.2, 0) is 60.8 Å². The number of aryl methyl sites for hydroxylation is 1. The van der Waals surface area contributed by atoms with Crippen molar-refractivity contribution in [3.63, 3.8) is 0 Å². The van der Waals surface area contributed by atoms with Crippen LogP contribution < -0.4 is 42.4 Å². The number of H-pyrrole nitrogens is 1. The number of carbonyl (C=O) groups excluding carboxylic acids is 7. The first kappa shape index (κ1) is 68.0. The Morgan fingerprint density at radius 3 is 2.14 bits per heavy atom. The Bertz CT molecular complexity index is 3470. The van der Waals surface area contributed by atoms with Gasteiger partial charge in [-0.15, -0.1) is 0 Å². The second kappa shape index (κ2) is 34.9. The topological polar surface area (TPSA) is 368 Å². The lowest BCUT2D eigenvalue weighted by molar-refractivity contribution is -0.137. The summed E-state index contributed by atoms with van der Waals surface area (Å²) in [5, 5.41) is 27.1. The monoisotopic (exact) mass is 1260 g/mol. The van der Waals surface area contributed by atoms with Crippen LogP contribution in [0.25, 0.3) is 33.5 Å². The van der Waals surface area contributed by atoms with Crippen molar-refractivity contribution < 1.29 is 71.9 Å². The number of fused-ring (bicyclic) bond motifs is 1. The third-order valence-electron chi connectivity index (χ3n) is 13.5. The molecule has 7 rings (SSSR count). The van der Waals surface area contributed by atoms with Gasteiger partial charge in [-0.1, -0.05) is 49.7 Å². The van der Waals surface area contributed by atoms with Gasteiger partial charge < -0.3 is 76.1 Å². The summed E-state index contributed by atoms with van der Waals surface area (Å²) >= 11 is 6.08. The third kappa shape index (κ3) is 21.6. The number of nitrogens with zero attached hydrogens (tertiary/aromatic N) is 4. The van der Waals surface area contributed by atoms with Gasteiger partial charge in [0.1, 0.15) is 42.6 Å². The number of urea groups is 1. The summed E-state index contributed by atoms with van der Waals surface area (Å²) < 4.78 is 33.2. The number of ether oxygens (including phenoxy) is 6. The first-order valence-electron chi connectivity index (χ1n) is 29.0. The highest BCUT2D eigenvalue weighted by Gasteiger charge is 2.29. The molecule has 0 spiro atoms. The predicted octanol–water partition coefficient (Wildman–Crippen LogP) is 5.66. The number of primary amides is 1. The molecule has 478 valence electrons. The number of aromatic carboxylic acids is 1. The number of aromatic nitrogens is 4. The molecule has 3 aromatic heterocycles. The molecule has 3 aromatic carbocycles. The molecule has 6 aromatic rings. The number of amides is 8. The molecule has 8 amide bonds. The van der Waals surface area contributed by atoms with Gasteiger partial charge in [-0.05, 0) is 91.9 Å². The highest BCUT2D eigenvalue weighted by Crippen LogP contribution is 2.32. The van der Waals surface area contributed by atoms with E-state index in [0.29, 0.717) is 70.9 Å². The van der Waals surface area contributed by atoms with Gasteiger partial charge in [0.2, 0.25) is 17.7 Å². The smallest absolute Gasteiger partial charge is 0.407 e. The number of nitrogens with two attached hydrogens (primary N) is 1. The van der Waals surface area contributed by atoms with Gasteiger partial charge in [-0.25, -0.2) is 19.4 Å². The van der Waals surface area contributed by atoms with Crippen LogP contribution in [0.2, 0.25) is 5.02 Å². The molecule has 0 bridgehead atoms. The number of pyridine rings is 2. The van der Waals surface area contributed by atoms with Gasteiger partial charge in [0.15, 0.2) is 0 Å². The van der Waals surface area contributed by atoms with E-state index in [2.05, 4.69) is 41.9 Å². The molecule has 0 radical (unpaired) electrons. The number of imide groups is 1. The van der Waals surface area contributed by atoms with Gasteiger partial charge in [-0.3, -0.25) is 38.8 Å². The number of carboxylic acids is 1. The average Bonchev–Trinajstić information content (AvgIpc) is 1.63. The molecule has 27 nitrogen and oxygen atoms in total. The van der Waals surface area contributed by atoms with Crippen LogP contribution in [0.3, 0.4) is 0 Å². The maximum absolute atomic E-state index is 13.7. The first-order valence-corrected chi connectivity index (χ1v) is 29.4. The lowest BCUT2D eigenvalue weighted by Crippen LogP contribution is -2.54. The second-order valence-electron chi connectivity index (χ2n) is 20.7. The van der Waals surface area contributed by atoms with Crippen LogP contribution in [0.1, 0.15) is 60.5 Å². The van der Waals surface area contributed by atoms with Crippen LogP contribution in [0, 0.1) is 12.8 Å². The molecule has 1 aliphatic rings. The van der Waals surface area contributed by atoms with Crippen LogP contribution in [0.5, 0.6) is 5.75 Å². The fraction of sp³-hybridized carbons (Fsp3) is 0.371. The lowest BCUT2D eigenvalue weighted by Gasteiger charge is -2.25. The molecule has 90 heavy (non-hydrogen) atoms. The zero-order valence-corrected chi connectivity index (χ0v) is 50.7. The molecular weight excluding hydrogens is 1190 g/mol. The highest BCUT2D eigenvalue weighted by molar-refractivity contribution is 6.33. The van der Waals surface area contributed by atoms with E-state index in [1.807, 2.05) is 49.4 Å². The Kier molecular flexibility index (Phi) is 26.3. The summed E-state index contributed by atoms with van der Waals surface area (Å²) in [6, 6.07) is 21.6. The molecule has 10 N–H and O–H groups in total. The molecule has 0 saturated heterocycles. The summed E-state index contributed by atoms with van der Waals surface area (Å²) in [5.41, 5.74) is 11.0. The summed E-state index contributed by atoms with van der Waals surface area (Å²) in [6.07, 6.45) is 3.68. The van der Waals surface area contributed by atoms with Crippen molar-refractivity contribution in [1.82, 2.24) is 46.1 Å². The Morgan fingerprint density at radius 2 is 1.46 bits per heavy atom. The zero-order chi connectivity index (χ0) is 64.4. The third-order valence-corrected chi connectivity index (χ3v) is 13.9. The van der Waals surface area contributed by atoms with Gasteiger partial charge >= 0.3 is 18.1 Å². The summed E-state index contributed by atoms with van der Waals surface area (Å²) in [6.45, 7) is 7.96. The fourth-order valence-electron chi connectivity index (χ4n) is 8.90. The van der Waals surface area contributed by atoms with Crippen molar-refractivity contribution >= 4 is 81.5 Å². The number of hydrogen-bond acceptors (Lipinski definition) is 18. The highest BCUT2D eigenvalue weighted by atomic mass is 35.5. The number of anilines is 2. The molecule has 1 aliphatic heterocycles. The molecule has 2 unspecified atom stereocenters. The van der Waals surface area contributed by atoms with Crippen molar-refractivity contribution in [1.29, 1.82) is 0 Å². The largest absolute Gasteiger partial charge is 0.490 e. The molecule has 2 atom stereocenters. The van der Waals surface area contributed by atoms with E-state index in [4.69, 9.17) is 55.7 Å². The maximum Gasteiger partial charge on any atom is 0.407 e. The Labute approximate surface area is 523 Å². The van der Waals surface area contributed by atoms with Crippen LogP contribution in [0.15, 0.2) is 103 Å². The number of rotatable bonds is 37. The van der Waals surface area contributed by atoms with Gasteiger partial charge in [0, 0.05) is 53.1 Å². The molecule has 0 fully saturated rings. The number of alkyl carbamates (subject to hydrolysis) is 1. The minimum Gasteiger partial charge on any atom is -0.490 e. The van der Waals surface area contributed by atoms with Crippen molar-refractivity contribution in [2.24, 2.45) is 11.7 Å². The number of imidazole rings is 1. The number of nitrogens with one attached hydrogen (secondary N) is 7. The van der Waals surface area contributed by atoms with E-state index in [0.717, 1.165) is 21.5 Å². The zero-order valence-electron chi connectivity index (χ0n) is 50.0.